The van der Waals surface area contributed by atoms with E-state index in [1.54, 1.807) is 19.2 Å². The van der Waals surface area contributed by atoms with E-state index in [1.165, 1.54) is 39.9 Å². The van der Waals surface area contributed by atoms with Gasteiger partial charge < -0.3 is 10.1 Å². The van der Waals surface area contributed by atoms with Crippen molar-refractivity contribution in [2.24, 2.45) is 0 Å². The minimum atomic E-state index is -3.55. The Labute approximate surface area is 168 Å². The summed E-state index contributed by atoms with van der Waals surface area (Å²) in [6, 6.07) is 5.85. The number of anilines is 1. The van der Waals surface area contributed by atoms with Crippen LogP contribution in [0.5, 0.6) is 0 Å². The van der Waals surface area contributed by atoms with Crippen LogP contribution in [-0.4, -0.2) is 49.3 Å². The van der Waals surface area contributed by atoms with Crippen molar-refractivity contribution in [1.82, 2.24) is 9.29 Å². The number of aromatic nitrogens is 1. The number of ether oxygens (including phenoxy) is 1. The Kier molecular flexibility index (Phi) is 7.67. The highest BCUT2D eigenvalue weighted by molar-refractivity contribution is 7.89. The summed E-state index contributed by atoms with van der Waals surface area (Å²) < 4.78 is 31.2. The van der Waals surface area contributed by atoms with Gasteiger partial charge in [0.2, 0.25) is 10.0 Å². The van der Waals surface area contributed by atoms with E-state index < -0.39 is 28.5 Å². The molecular weight excluding hydrogens is 402 g/mol. The summed E-state index contributed by atoms with van der Waals surface area (Å²) in [6.07, 6.45) is 0.00946. The van der Waals surface area contributed by atoms with Crippen LogP contribution >= 0.6 is 11.3 Å². The molecule has 0 bridgehead atoms. The number of nitrogens with one attached hydrogen (secondary N) is 1. The van der Waals surface area contributed by atoms with Crippen molar-refractivity contribution in [2.45, 2.75) is 32.1 Å². The summed E-state index contributed by atoms with van der Waals surface area (Å²) in [4.78, 5) is 28.0. The molecule has 0 radical (unpaired) electrons. The van der Waals surface area contributed by atoms with Gasteiger partial charge in [-0.1, -0.05) is 13.8 Å². The van der Waals surface area contributed by atoms with Crippen LogP contribution in [-0.2, 0) is 30.8 Å². The van der Waals surface area contributed by atoms with Gasteiger partial charge in [-0.05, 0) is 31.2 Å². The van der Waals surface area contributed by atoms with E-state index in [1.807, 2.05) is 6.92 Å². The SMILES string of the molecule is CCN(CC)S(=O)(=O)c1ccc(NC(=O)COC(=O)Cc2csc(C)n2)cc1. The molecular formula is C18H23N3O5S2. The third-order valence-corrected chi connectivity index (χ3v) is 6.72. The first-order valence-corrected chi connectivity index (χ1v) is 11.0. The summed E-state index contributed by atoms with van der Waals surface area (Å²) in [5, 5.41) is 5.19. The highest BCUT2D eigenvalue weighted by Gasteiger charge is 2.21. The van der Waals surface area contributed by atoms with Crippen LogP contribution < -0.4 is 5.32 Å². The Morgan fingerprint density at radius 2 is 1.82 bits per heavy atom. The second kappa shape index (κ2) is 9.76. The smallest absolute Gasteiger partial charge is 0.312 e. The van der Waals surface area contributed by atoms with Gasteiger partial charge in [0.15, 0.2) is 6.61 Å². The van der Waals surface area contributed by atoms with E-state index in [9.17, 15) is 18.0 Å². The second-order valence-electron chi connectivity index (χ2n) is 5.86. The van der Waals surface area contributed by atoms with Crippen LogP contribution in [0.4, 0.5) is 5.69 Å². The van der Waals surface area contributed by atoms with Crippen LogP contribution in [0.25, 0.3) is 0 Å². The van der Waals surface area contributed by atoms with Gasteiger partial charge in [0.05, 0.1) is 22.0 Å². The topological polar surface area (TPSA) is 106 Å². The predicted octanol–water partition coefficient (Wildman–Crippen LogP) is 2.21. The zero-order valence-electron chi connectivity index (χ0n) is 16.0. The molecule has 0 unspecified atom stereocenters. The third kappa shape index (κ3) is 5.85. The lowest BCUT2D eigenvalue weighted by Crippen LogP contribution is -2.30. The quantitative estimate of drug-likeness (QED) is 0.618. The van der Waals surface area contributed by atoms with Crippen LogP contribution in [0.15, 0.2) is 34.5 Å². The van der Waals surface area contributed by atoms with E-state index in [0.29, 0.717) is 24.5 Å². The number of benzene rings is 1. The lowest BCUT2D eigenvalue weighted by molar-refractivity contribution is -0.146. The number of carbonyl (C=O) groups is 2. The van der Waals surface area contributed by atoms with E-state index in [-0.39, 0.29) is 11.3 Å². The zero-order valence-corrected chi connectivity index (χ0v) is 17.6. The number of nitrogens with zero attached hydrogens (tertiary/aromatic N) is 2. The van der Waals surface area contributed by atoms with Crippen LogP contribution in [0.3, 0.4) is 0 Å². The number of hydrogen-bond donors (Lipinski definition) is 1. The molecule has 1 aromatic carbocycles. The maximum Gasteiger partial charge on any atom is 0.312 e. The second-order valence-corrected chi connectivity index (χ2v) is 8.86. The molecule has 0 aliphatic rings. The van der Waals surface area contributed by atoms with Gasteiger partial charge in [-0.25, -0.2) is 13.4 Å². The third-order valence-electron chi connectivity index (χ3n) is 3.84. The van der Waals surface area contributed by atoms with Gasteiger partial charge >= 0.3 is 5.97 Å². The molecule has 1 N–H and O–H groups in total. The minimum Gasteiger partial charge on any atom is -0.455 e. The molecule has 0 atom stereocenters. The van der Waals surface area contributed by atoms with E-state index in [4.69, 9.17) is 4.74 Å². The molecule has 0 aliphatic carbocycles. The summed E-state index contributed by atoms with van der Waals surface area (Å²) in [5.74, 6) is -1.05. The number of carbonyl (C=O) groups excluding carboxylic acids is 2. The van der Waals surface area contributed by atoms with Crippen molar-refractivity contribution < 1.29 is 22.7 Å². The molecule has 1 amide bonds. The van der Waals surface area contributed by atoms with Gasteiger partial charge in [-0.2, -0.15) is 4.31 Å². The van der Waals surface area contributed by atoms with Gasteiger partial charge in [0.25, 0.3) is 5.91 Å². The fourth-order valence-corrected chi connectivity index (χ4v) is 4.52. The van der Waals surface area contributed by atoms with Crippen LogP contribution in [0.2, 0.25) is 0 Å². The van der Waals surface area contributed by atoms with Gasteiger partial charge in [-0.15, -0.1) is 11.3 Å². The van der Waals surface area contributed by atoms with E-state index in [0.717, 1.165) is 5.01 Å². The van der Waals surface area contributed by atoms with Crippen LogP contribution in [0.1, 0.15) is 24.5 Å². The molecule has 1 aromatic heterocycles. The molecule has 1 heterocycles. The number of esters is 1. The first kappa shape index (κ1) is 22.0. The molecule has 28 heavy (non-hydrogen) atoms. The summed E-state index contributed by atoms with van der Waals surface area (Å²) >= 11 is 1.44. The fraction of sp³-hybridized carbons (Fsp3) is 0.389. The lowest BCUT2D eigenvalue weighted by Gasteiger charge is -2.18. The first-order chi connectivity index (χ1) is 13.3. The molecule has 0 aliphatic heterocycles. The minimum absolute atomic E-state index is 0.00946. The molecule has 0 saturated heterocycles. The van der Waals surface area contributed by atoms with E-state index in [2.05, 4.69) is 10.3 Å². The molecule has 2 aromatic rings. The Morgan fingerprint density at radius 1 is 1.18 bits per heavy atom. The maximum atomic E-state index is 12.4. The van der Waals surface area contributed by atoms with Gasteiger partial charge in [-0.3, -0.25) is 9.59 Å². The largest absolute Gasteiger partial charge is 0.455 e. The van der Waals surface area contributed by atoms with Crippen molar-refractivity contribution in [3.63, 3.8) is 0 Å². The highest BCUT2D eigenvalue weighted by Crippen LogP contribution is 2.18. The molecule has 0 fully saturated rings. The standard InChI is InChI=1S/C18H23N3O5S2/c1-4-21(5-2)28(24,25)16-8-6-14(7-9-16)20-17(22)11-26-18(23)10-15-12-27-13(3)19-15/h6-9,12H,4-5,10-11H2,1-3H3,(H,20,22). The number of hydrogen-bond acceptors (Lipinski definition) is 7. The average molecular weight is 426 g/mol. The molecule has 10 heteroatoms. The zero-order chi connectivity index (χ0) is 20.7. The Hall–Kier alpha value is -2.30. The number of sulfonamides is 1. The van der Waals surface area contributed by atoms with Crippen LogP contribution in [0, 0.1) is 6.92 Å². The predicted molar refractivity (Wildman–Crippen MR) is 107 cm³/mol. The average Bonchev–Trinajstić information content (AvgIpc) is 3.06. The van der Waals surface area contributed by atoms with Crippen molar-refractivity contribution in [3.8, 4) is 0 Å². The van der Waals surface area contributed by atoms with Gasteiger partial charge in [0.1, 0.15) is 0 Å². The molecule has 8 nitrogen and oxygen atoms in total. The van der Waals surface area contributed by atoms with Crippen molar-refractivity contribution in [3.05, 3.63) is 40.3 Å². The summed E-state index contributed by atoms with van der Waals surface area (Å²) in [6.45, 7) is 5.71. The molecule has 0 spiro atoms. The number of rotatable bonds is 9. The number of amides is 1. The van der Waals surface area contributed by atoms with Crippen molar-refractivity contribution in [1.29, 1.82) is 0 Å². The Bertz CT molecular complexity index is 919. The highest BCUT2D eigenvalue weighted by atomic mass is 32.2. The lowest BCUT2D eigenvalue weighted by atomic mass is 10.3. The molecule has 152 valence electrons. The van der Waals surface area contributed by atoms with Crippen molar-refractivity contribution in [2.75, 3.05) is 25.0 Å². The van der Waals surface area contributed by atoms with Gasteiger partial charge in [0, 0.05) is 24.2 Å². The summed E-state index contributed by atoms with van der Waals surface area (Å²) in [7, 11) is -3.55. The maximum absolute atomic E-state index is 12.4. The first-order valence-electron chi connectivity index (χ1n) is 8.73. The molecule has 0 saturated carbocycles. The number of thiazole rings is 1. The normalized spacial score (nSPS) is 11.4. The molecule has 2 rings (SSSR count). The fourth-order valence-electron chi connectivity index (χ4n) is 2.45. The number of aryl methyl sites for hydroxylation is 1. The van der Waals surface area contributed by atoms with Crippen molar-refractivity contribution >= 4 is 38.9 Å². The Morgan fingerprint density at radius 3 is 2.36 bits per heavy atom. The monoisotopic (exact) mass is 425 g/mol. The Balaban J connectivity index is 1.87. The summed E-state index contributed by atoms with van der Waals surface area (Å²) in [5.41, 5.74) is 1.02. The van der Waals surface area contributed by atoms with E-state index >= 15 is 0 Å².